The number of fused-ring (bicyclic) bond motifs is 1. The van der Waals surface area contributed by atoms with E-state index in [1.165, 1.54) is 41.6 Å². The van der Waals surface area contributed by atoms with E-state index in [0.717, 1.165) is 14.2 Å². The number of phenolic OH excluding ortho intramolecular Hbond substituents is 1. The van der Waals surface area contributed by atoms with Crippen LogP contribution in [0.5, 0.6) is 34.5 Å². The lowest BCUT2D eigenvalue weighted by Gasteiger charge is -2.22. The van der Waals surface area contributed by atoms with Gasteiger partial charge in [-0.3, -0.25) is 0 Å². The average Bonchev–Trinajstić information content (AvgIpc) is 2.90. The number of carbonyl (C=O) groups excluding carboxylic acids is 2. The highest BCUT2D eigenvalue weighted by Crippen LogP contribution is 2.52. The Morgan fingerprint density at radius 3 is 1.74 bits per heavy atom. The van der Waals surface area contributed by atoms with Crippen LogP contribution >= 0.6 is 0 Å². The zero-order chi connectivity index (χ0) is 25.9. The summed E-state index contributed by atoms with van der Waals surface area (Å²) < 4.78 is 37.3. The Labute approximate surface area is 201 Å². The zero-order valence-corrected chi connectivity index (χ0v) is 20.4. The second kappa shape index (κ2) is 10.3. The van der Waals surface area contributed by atoms with Crippen molar-refractivity contribution in [2.75, 3.05) is 49.8 Å². The molecule has 0 spiro atoms. The number of rotatable bonds is 8. The molecule has 1 N–H and O–H groups in total. The predicted molar refractivity (Wildman–Crippen MR) is 126 cm³/mol. The van der Waals surface area contributed by atoms with Crippen LogP contribution in [-0.4, -0.2) is 66.8 Å². The standard InChI is InChI=1S/C25H26O10/c1-29-14-9-8-12(10-15(14)30-2)17-18-13(11-16(31-3)22(32-4)23(18)33-5)21(26)20(25(28)35-7)19(17)24(27)34-6/h8-11,26H,1-7H3. The van der Waals surface area contributed by atoms with Gasteiger partial charge in [0.1, 0.15) is 11.3 Å². The number of phenols is 1. The van der Waals surface area contributed by atoms with E-state index in [9.17, 15) is 14.7 Å². The zero-order valence-electron chi connectivity index (χ0n) is 20.4. The van der Waals surface area contributed by atoms with Crippen molar-refractivity contribution >= 4 is 22.7 Å². The van der Waals surface area contributed by atoms with Crippen LogP contribution in [0, 0.1) is 0 Å². The van der Waals surface area contributed by atoms with Gasteiger partial charge in [-0.2, -0.15) is 0 Å². The largest absolute Gasteiger partial charge is 0.506 e. The lowest BCUT2D eigenvalue weighted by molar-refractivity contribution is 0.0553. The third kappa shape index (κ3) is 4.07. The van der Waals surface area contributed by atoms with Crippen LogP contribution in [0.3, 0.4) is 0 Å². The van der Waals surface area contributed by atoms with Crippen molar-refractivity contribution in [3.63, 3.8) is 0 Å². The second-order valence-electron chi connectivity index (χ2n) is 7.09. The normalized spacial score (nSPS) is 10.5. The average molecular weight is 486 g/mol. The molecule has 0 bridgehead atoms. The van der Waals surface area contributed by atoms with Gasteiger partial charge in [0, 0.05) is 16.3 Å². The molecule has 0 aliphatic carbocycles. The number of aromatic hydroxyl groups is 1. The summed E-state index contributed by atoms with van der Waals surface area (Å²) in [6.45, 7) is 0. The number of esters is 2. The highest BCUT2D eigenvalue weighted by molar-refractivity contribution is 6.20. The van der Waals surface area contributed by atoms with Crippen LogP contribution in [0.1, 0.15) is 20.7 Å². The van der Waals surface area contributed by atoms with Gasteiger partial charge < -0.3 is 38.3 Å². The maximum Gasteiger partial charge on any atom is 0.342 e. The van der Waals surface area contributed by atoms with Gasteiger partial charge in [0.2, 0.25) is 5.75 Å². The van der Waals surface area contributed by atoms with E-state index in [1.807, 2.05) is 0 Å². The molecular formula is C25H26O10. The highest BCUT2D eigenvalue weighted by atomic mass is 16.5. The summed E-state index contributed by atoms with van der Waals surface area (Å²) in [6.07, 6.45) is 0. The van der Waals surface area contributed by atoms with Gasteiger partial charge in [-0.25, -0.2) is 9.59 Å². The lowest BCUT2D eigenvalue weighted by Crippen LogP contribution is -2.15. The summed E-state index contributed by atoms with van der Waals surface area (Å²) in [6, 6.07) is 6.40. The van der Waals surface area contributed by atoms with Crippen molar-refractivity contribution in [3.05, 3.63) is 35.4 Å². The molecule has 0 saturated carbocycles. The first-order valence-electron chi connectivity index (χ1n) is 10.2. The van der Waals surface area contributed by atoms with Crippen molar-refractivity contribution in [3.8, 4) is 45.6 Å². The van der Waals surface area contributed by atoms with E-state index in [-0.39, 0.29) is 44.7 Å². The molecular weight excluding hydrogens is 460 g/mol. The fourth-order valence-corrected chi connectivity index (χ4v) is 3.98. The first-order chi connectivity index (χ1) is 16.8. The number of carbonyl (C=O) groups is 2. The second-order valence-corrected chi connectivity index (χ2v) is 7.09. The summed E-state index contributed by atoms with van der Waals surface area (Å²) in [5.41, 5.74) is 0.0283. The van der Waals surface area contributed by atoms with Crippen molar-refractivity contribution in [2.24, 2.45) is 0 Å². The van der Waals surface area contributed by atoms with Gasteiger partial charge in [0.25, 0.3) is 0 Å². The number of hydrogen-bond acceptors (Lipinski definition) is 10. The van der Waals surface area contributed by atoms with Crippen molar-refractivity contribution in [2.45, 2.75) is 0 Å². The molecule has 0 aliphatic rings. The van der Waals surface area contributed by atoms with E-state index >= 15 is 0 Å². The third-order valence-corrected chi connectivity index (χ3v) is 5.52. The fourth-order valence-electron chi connectivity index (χ4n) is 3.98. The number of hydrogen-bond donors (Lipinski definition) is 1. The van der Waals surface area contributed by atoms with Crippen LogP contribution < -0.4 is 23.7 Å². The molecule has 3 aromatic carbocycles. The van der Waals surface area contributed by atoms with E-state index in [4.69, 9.17) is 33.2 Å². The Bertz CT molecular complexity index is 1300. The van der Waals surface area contributed by atoms with Gasteiger partial charge >= 0.3 is 11.9 Å². The Balaban J connectivity index is 2.72. The highest BCUT2D eigenvalue weighted by Gasteiger charge is 2.33. The summed E-state index contributed by atoms with van der Waals surface area (Å²) in [5.74, 6) is -0.944. The quantitative estimate of drug-likeness (QED) is 0.471. The number of methoxy groups -OCH3 is 7. The predicted octanol–water partition coefficient (Wildman–Crippen LogP) is 3.83. The SMILES string of the molecule is COC(=O)c1c(C(=O)OC)c(-c2ccc(OC)c(OC)c2)c2c(OC)c(OC)c(OC)cc2c1O. The van der Waals surface area contributed by atoms with Crippen LogP contribution in [0.25, 0.3) is 21.9 Å². The fraction of sp³-hybridized carbons (Fsp3) is 0.280. The van der Waals surface area contributed by atoms with Gasteiger partial charge in [0.15, 0.2) is 23.0 Å². The molecule has 0 saturated heterocycles. The first-order valence-corrected chi connectivity index (χ1v) is 10.2. The molecule has 3 aromatic rings. The Morgan fingerprint density at radius 2 is 1.23 bits per heavy atom. The van der Waals surface area contributed by atoms with Crippen LogP contribution in [-0.2, 0) is 9.47 Å². The Morgan fingerprint density at radius 1 is 0.657 bits per heavy atom. The van der Waals surface area contributed by atoms with E-state index in [1.54, 1.807) is 18.2 Å². The van der Waals surface area contributed by atoms with E-state index in [2.05, 4.69) is 0 Å². The minimum absolute atomic E-state index is 0.150. The molecule has 0 amide bonds. The third-order valence-electron chi connectivity index (χ3n) is 5.52. The Hall–Kier alpha value is -4.34. The summed E-state index contributed by atoms with van der Waals surface area (Å²) in [7, 11) is 9.49. The maximum atomic E-state index is 13.1. The molecule has 0 heterocycles. The molecule has 10 heteroatoms. The van der Waals surface area contributed by atoms with Crippen LogP contribution in [0.4, 0.5) is 0 Å². The maximum absolute atomic E-state index is 13.1. The van der Waals surface area contributed by atoms with Gasteiger partial charge in [-0.15, -0.1) is 0 Å². The van der Waals surface area contributed by atoms with Crippen molar-refractivity contribution < 1.29 is 47.9 Å². The van der Waals surface area contributed by atoms with E-state index in [0.29, 0.717) is 17.1 Å². The topological polar surface area (TPSA) is 119 Å². The number of ether oxygens (including phenoxy) is 7. The van der Waals surface area contributed by atoms with Gasteiger partial charge in [-0.05, 0) is 23.8 Å². The molecule has 35 heavy (non-hydrogen) atoms. The van der Waals surface area contributed by atoms with Crippen molar-refractivity contribution in [1.82, 2.24) is 0 Å². The molecule has 0 unspecified atom stereocenters. The lowest BCUT2D eigenvalue weighted by atomic mass is 9.87. The smallest absolute Gasteiger partial charge is 0.342 e. The van der Waals surface area contributed by atoms with Crippen molar-refractivity contribution in [1.29, 1.82) is 0 Å². The minimum Gasteiger partial charge on any atom is -0.506 e. The Kier molecular flexibility index (Phi) is 7.43. The monoisotopic (exact) mass is 486 g/mol. The summed E-state index contributed by atoms with van der Waals surface area (Å²) >= 11 is 0. The molecule has 0 fully saturated rings. The summed E-state index contributed by atoms with van der Waals surface area (Å²) in [5, 5.41) is 11.6. The molecule has 10 nitrogen and oxygen atoms in total. The molecule has 0 atom stereocenters. The van der Waals surface area contributed by atoms with Crippen LogP contribution in [0.2, 0.25) is 0 Å². The van der Waals surface area contributed by atoms with Crippen LogP contribution in [0.15, 0.2) is 24.3 Å². The minimum atomic E-state index is -0.944. The molecule has 0 aromatic heterocycles. The molecule has 186 valence electrons. The molecule has 0 aliphatic heterocycles. The first kappa shape index (κ1) is 25.3. The molecule has 3 rings (SSSR count). The van der Waals surface area contributed by atoms with E-state index < -0.39 is 17.7 Å². The number of benzene rings is 3. The van der Waals surface area contributed by atoms with Gasteiger partial charge in [0.05, 0.1) is 55.3 Å². The molecule has 0 radical (unpaired) electrons. The summed E-state index contributed by atoms with van der Waals surface area (Å²) in [4.78, 5) is 25.9. The van der Waals surface area contributed by atoms with Gasteiger partial charge in [-0.1, -0.05) is 6.07 Å².